The molecular formula is C13H22N2O3S. The van der Waals surface area contributed by atoms with Gasteiger partial charge in [0.05, 0.1) is 12.4 Å². The van der Waals surface area contributed by atoms with E-state index in [1.54, 1.807) is 24.3 Å². The first-order valence-electron chi connectivity index (χ1n) is 6.51. The summed E-state index contributed by atoms with van der Waals surface area (Å²) >= 11 is 0. The normalized spacial score (nSPS) is 11.3. The largest absolute Gasteiger partial charge is 0.494 e. The summed E-state index contributed by atoms with van der Waals surface area (Å²) in [5.74, 6) is 0.852. The van der Waals surface area contributed by atoms with Gasteiger partial charge >= 0.3 is 0 Å². The van der Waals surface area contributed by atoms with Gasteiger partial charge in [-0.1, -0.05) is 6.92 Å². The number of rotatable bonds is 9. The van der Waals surface area contributed by atoms with Gasteiger partial charge in [-0.2, -0.15) is 0 Å². The van der Waals surface area contributed by atoms with Crippen LogP contribution in [0.2, 0.25) is 0 Å². The molecule has 2 N–H and O–H groups in total. The Kier molecular flexibility index (Phi) is 6.66. The molecule has 0 spiro atoms. The Bertz CT molecular complexity index is 457. The highest BCUT2D eigenvalue weighted by Gasteiger charge is 2.09. The van der Waals surface area contributed by atoms with Crippen molar-refractivity contribution in [1.29, 1.82) is 0 Å². The molecule has 0 fully saturated rings. The summed E-state index contributed by atoms with van der Waals surface area (Å²) in [6, 6.07) is 6.90. The van der Waals surface area contributed by atoms with Crippen LogP contribution in [0.3, 0.4) is 0 Å². The molecule has 1 aromatic rings. The van der Waals surface area contributed by atoms with Gasteiger partial charge in [-0.3, -0.25) is 4.72 Å². The van der Waals surface area contributed by atoms with Gasteiger partial charge in [-0.05, 0) is 50.7 Å². The first-order chi connectivity index (χ1) is 9.07. The molecule has 0 bridgehead atoms. The molecule has 0 saturated carbocycles. The fourth-order valence-corrected chi connectivity index (χ4v) is 2.70. The van der Waals surface area contributed by atoms with E-state index in [1.807, 2.05) is 13.8 Å². The van der Waals surface area contributed by atoms with Crippen molar-refractivity contribution in [1.82, 2.24) is 5.32 Å². The van der Waals surface area contributed by atoms with E-state index >= 15 is 0 Å². The number of ether oxygens (including phenoxy) is 1. The van der Waals surface area contributed by atoms with Gasteiger partial charge in [0, 0.05) is 5.69 Å². The van der Waals surface area contributed by atoms with Crippen molar-refractivity contribution in [2.24, 2.45) is 0 Å². The molecule has 0 aromatic heterocycles. The maximum absolute atomic E-state index is 11.8. The molecule has 0 aliphatic rings. The molecular weight excluding hydrogens is 264 g/mol. The van der Waals surface area contributed by atoms with Crippen LogP contribution in [0, 0.1) is 0 Å². The summed E-state index contributed by atoms with van der Waals surface area (Å²) in [6.07, 6.45) is 0.597. The van der Waals surface area contributed by atoms with E-state index in [1.165, 1.54) is 0 Å². The Morgan fingerprint density at radius 1 is 1.16 bits per heavy atom. The molecule has 6 heteroatoms. The second-order valence-corrected chi connectivity index (χ2v) is 5.93. The van der Waals surface area contributed by atoms with Crippen LogP contribution in [0.4, 0.5) is 5.69 Å². The maximum Gasteiger partial charge on any atom is 0.232 e. The number of anilines is 1. The molecule has 0 heterocycles. The smallest absolute Gasteiger partial charge is 0.232 e. The molecule has 108 valence electrons. The Hall–Kier alpha value is -1.27. The van der Waals surface area contributed by atoms with E-state index in [-0.39, 0.29) is 5.75 Å². The van der Waals surface area contributed by atoms with E-state index < -0.39 is 10.0 Å². The number of sulfonamides is 1. The van der Waals surface area contributed by atoms with Crippen LogP contribution in [0.1, 0.15) is 20.3 Å². The maximum atomic E-state index is 11.8. The third-order valence-corrected chi connectivity index (χ3v) is 3.83. The fourth-order valence-electron chi connectivity index (χ4n) is 1.58. The van der Waals surface area contributed by atoms with Gasteiger partial charge in [-0.15, -0.1) is 0 Å². The molecule has 1 aromatic carbocycles. The molecule has 0 aliphatic heterocycles. The Labute approximate surface area is 115 Å². The average molecular weight is 286 g/mol. The fraction of sp³-hybridized carbons (Fsp3) is 0.538. The van der Waals surface area contributed by atoms with Gasteiger partial charge in [0.25, 0.3) is 0 Å². The van der Waals surface area contributed by atoms with Crippen molar-refractivity contribution in [3.05, 3.63) is 24.3 Å². The van der Waals surface area contributed by atoms with E-state index in [4.69, 9.17) is 4.74 Å². The van der Waals surface area contributed by atoms with E-state index in [0.717, 1.165) is 12.3 Å². The highest BCUT2D eigenvalue weighted by molar-refractivity contribution is 7.92. The lowest BCUT2D eigenvalue weighted by Crippen LogP contribution is -2.21. The highest BCUT2D eigenvalue weighted by atomic mass is 32.2. The quantitative estimate of drug-likeness (QED) is 0.680. The van der Waals surface area contributed by atoms with Crippen molar-refractivity contribution in [2.45, 2.75) is 20.3 Å². The molecule has 0 radical (unpaired) electrons. The first kappa shape index (κ1) is 15.8. The minimum absolute atomic E-state index is 0.118. The lowest BCUT2D eigenvalue weighted by atomic mass is 10.3. The van der Waals surface area contributed by atoms with Gasteiger partial charge in [0.15, 0.2) is 0 Å². The molecule has 5 nitrogen and oxygen atoms in total. The topological polar surface area (TPSA) is 67.4 Å². The Morgan fingerprint density at radius 3 is 2.42 bits per heavy atom. The summed E-state index contributed by atoms with van der Waals surface area (Å²) in [5.41, 5.74) is 0.562. The molecule has 0 amide bonds. The van der Waals surface area contributed by atoms with Crippen LogP contribution in [-0.2, 0) is 10.0 Å². The predicted octanol–water partition coefficient (Wildman–Crippen LogP) is 1.83. The zero-order valence-corrected chi connectivity index (χ0v) is 12.3. The van der Waals surface area contributed by atoms with Crippen LogP contribution >= 0.6 is 0 Å². The van der Waals surface area contributed by atoms with Crippen molar-refractivity contribution in [3.63, 3.8) is 0 Å². The van der Waals surface area contributed by atoms with E-state index in [9.17, 15) is 8.42 Å². The lowest BCUT2D eigenvalue weighted by Gasteiger charge is -2.09. The van der Waals surface area contributed by atoms with Crippen LogP contribution in [0.15, 0.2) is 24.3 Å². The third kappa shape index (κ3) is 6.45. The van der Waals surface area contributed by atoms with Gasteiger partial charge < -0.3 is 10.1 Å². The van der Waals surface area contributed by atoms with Gasteiger partial charge in [-0.25, -0.2) is 8.42 Å². The van der Waals surface area contributed by atoms with Crippen LogP contribution in [-0.4, -0.2) is 33.9 Å². The summed E-state index contributed by atoms with van der Waals surface area (Å²) in [4.78, 5) is 0. The summed E-state index contributed by atoms with van der Waals surface area (Å²) in [6.45, 7) is 6.05. The van der Waals surface area contributed by atoms with Crippen LogP contribution < -0.4 is 14.8 Å². The summed E-state index contributed by atoms with van der Waals surface area (Å²) in [5, 5.41) is 3.10. The van der Waals surface area contributed by atoms with Crippen LogP contribution in [0.5, 0.6) is 5.75 Å². The Morgan fingerprint density at radius 2 is 1.84 bits per heavy atom. The zero-order chi connectivity index (χ0) is 14.1. The number of hydrogen-bond donors (Lipinski definition) is 2. The number of hydrogen-bond acceptors (Lipinski definition) is 4. The predicted molar refractivity (Wildman–Crippen MR) is 78.2 cm³/mol. The van der Waals surface area contributed by atoms with Gasteiger partial charge in [0.2, 0.25) is 10.0 Å². The second kappa shape index (κ2) is 8.01. The Balaban J connectivity index is 2.48. The minimum atomic E-state index is -3.27. The summed E-state index contributed by atoms with van der Waals surface area (Å²) < 4.78 is 31.5. The standard InChI is InChI=1S/C13H22N2O3S/c1-3-14-10-5-11-19(16,17)15-12-6-8-13(9-7-12)18-4-2/h6-9,14-15H,3-5,10-11H2,1-2H3. The minimum Gasteiger partial charge on any atom is -0.494 e. The summed E-state index contributed by atoms with van der Waals surface area (Å²) in [7, 11) is -3.27. The van der Waals surface area contributed by atoms with Crippen molar-refractivity contribution < 1.29 is 13.2 Å². The van der Waals surface area contributed by atoms with Crippen molar-refractivity contribution >= 4 is 15.7 Å². The monoisotopic (exact) mass is 286 g/mol. The molecule has 0 saturated heterocycles. The first-order valence-corrected chi connectivity index (χ1v) is 8.16. The molecule has 0 atom stereocenters. The van der Waals surface area contributed by atoms with Crippen molar-refractivity contribution in [2.75, 3.05) is 30.2 Å². The lowest BCUT2D eigenvalue weighted by molar-refractivity contribution is 0.340. The molecule has 19 heavy (non-hydrogen) atoms. The molecule has 0 aliphatic carbocycles. The van der Waals surface area contributed by atoms with E-state index in [2.05, 4.69) is 10.0 Å². The SMILES string of the molecule is CCNCCCS(=O)(=O)Nc1ccc(OCC)cc1. The van der Waals surface area contributed by atoms with Gasteiger partial charge in [0.1, 0.15) is 5.75 Å². The van der Waals surface area contributed by atoms with E-state index in [0.29, 0.717) is 25.3 Å². The highest BCUT2D eigenvalue weighted by Crippen LogP contribution is 2.16. The average Bonchev–Trinajstić information content (AvgIpc) is 2.37. The number of nitrogens with one attached hydrogen (secondary N) is 2. The number of benzene rings is 1. The second-order valence-electron chi connectivity index (χ2n) is 4.09. The van der Waals surface area contributed by atoms with Crippen molar-refractivity contribution in [3.8, 4) is 5.75 Å². The molecule has 0 unspecified atom stereocenters. The zero-order valence-electron chi connectivity index (χ0n) is 11.5. The molecule has 1 rings (SSSR count). The third-order valence-electron chi connectivity index (χ3n) is 2.46. The van der Waals surface area contributed by atoms with Crippen LogP contribution in [0.25, 0.3) is 0 Å².